The molecule has 3 aromatic carbocycles. The van der Waals surface area contributed by atoms with Crippen molar-refractivity contribution in [1.82, 2.24) is 0 Å². The molecule has 1 heterocycles. The highest BCUT2D eigenvalue weighted by Crippen LogP contribution is 2.50. The van der Waals surface area contributed by atoms with Gasteiger partial charge >= 0.3 is 23.8 Å². The van der Waals surface area contributed by atoms with Crippen molar-refractivity contribution in [2.24, 2.45) is 0 Å². The fourth-order valence-electron chi connectivity index (χ4n) is 3.19. The molecule has 0 radical (unpaired) electrons. The van der Waals surface area contributed by atoms with Crippen molar-refractivity contribution in [1.29, 1.82) is 0 Å². The summed E-state index contributed by atoms with van der Waals surface area (Å²) in [4.78, 5) is 23.0. The second-order valence-electron chi connectivity index (χ2n) is 6.79. The predicted molar refractivity (Wildman–Crippen MR) is 100 cm³/mol. The standard InChI is InChI=1S/C22H13F4NO3/c23-21(24,14-5-1-12(2-6-14)13-3-8-16(27)9-4-13)22(25,26)15-7-10-17-18(11-15)20(29)30-19(17)28/h1-11H,27H2. The SMILES string of the molecule is Nc1ccc(-c2ccc(C(F)(F)C(F)(F)c3ccc4c(c3)C(=O)OC4=O)cc2)cc1. The van der Waals surface area contributed by atoms with Crippen molar-refractivity contribution < 1.29 is 31.9 Å². The van der Waals surface area contributed by atoms with Gasteiger partial charge in [-0.1, -0.05) is 42.5 Å². The van der Waals surface area contributed by atoms with Crippen LogP contribution in [0, 0.1) is 0 Å². The molecule has 30 heavy (non-hydrogen) atoms. The summed E-state index contributed by atoms with van der Waals surface area (Å²) in [6, 6.07) is 13.2. The van der Waals surface area contributed by atoms with Crippen molar-refractivity contribution in [2.45, 2.75) is 11.8 Å². The average Bonchev–Trinajstić information content (AvgIpc) is 3.02. The predicted octanol–water partition coefficient (Wildman–Crippen LogP) is 5.13. The lowest BCUT2D eigenvalue weighted by Gasteiger charge is -2.27. The number of nitrogens with two attached hydrogens (primary N) is 1. The molecule has 0 aromatic heterocycles. The Balaban J connectivity index is 1.68. The number of ether oxygens (including phenoxy) is 1. The number of anilines is 1. The third-order valence-electron chi connectivity index (χ3n) is 4.89. The first-order valence-electron chi connectivity index (χ1n) is 8.74. The second-order valence-corrected chi connectivity index (χ2v) is 6.79. The molecule has 152 valence electrons. The highest BCUT2D eigenvalue weighted by atomic mass is 19.3. The number of hydrogen-bond donors (Lipinski definition) is 1. The van der Waals surface area contributed by atoms with Gasteiger partial charge in [-0.2, -0.15) is 17.6 Å². The monoisotopic (exact) mass is 415 g/mol. The number of fused-ring (bicyclic) bond motifs is 1. The van der Waals surface area contributed by atoms with Gasteiger partial charge in [-0.25, -0.2) is 9.59 Å². The molecule has 0 saturated heterocycles. The summed E-state index contributed by atoms with van der Waals surface area (Å²) in [6.07, 6.45) is 0. The molecule has 0 unspecified atom stereocenters. The van der Waals surface area contributed by atoms with Crippen LogP contribution in [0.3, 0.4) is 0 Å². The van der Waals surface area contributed by atoms with E-state index in [0.717, 1.165) is 18.2 Å². The zero-order valence-corrected chi connectivity index (χ0v) is 15.2. The Labute approximate surface area is 167 Å². The summed E-state index contributed by atoms with van der Waals surface area (Å²) in [6.45, 7) is 0. The Hall–Kier alpha value is -3.68. The maximum atomic E-state index is 14.8. The molecule has 3 aromatic rings. The van der Waals surface area contributed by atoms with Gasteiger partial charge in [-0.15, -0.1) is 0 Å². The number of alkyl halides is 4. The van der Waals surface area contributed by atoms with Crippen molar-refractivity contribution in [2.75, 3.05) is 5.73 Å². The molecular weight excluding hydrogens is 402 g/mol. The van der Waals surface area contributed by atoms with E-state index in [9.17, 15) is 27.2 Å². The summed E-state index contributed by atoms with van der Waals surface area (Å²) >= 11 is 0. The van der Waals surface area contributed by atoms with E-state index < -0.39 is 40.5 Å². The molecule has 0 saturated carbocycles. The van der Waals surface area contributed by atoms with Crippen LogP contribution in [0.25, 0.3) is 11.1 Å². The molecule has 0 amide bonds. The minimum atomic E-state index is -4.64. The number of nitrogen functional groups attached to an aromatic ring is 1. The van der Waals surface area contributed by atoms with Crippen LogP contribution < -0.4 is 5.73 Å². The zero-order chi connectivity index (χ0) is 21.7. The maximum Gasteiger partial charge on any atom is 0.346 e. The minimum Gasteiger partial charge on any atom is -0.399 e. The minimum absolute atomic E-state index is 0.240. The Bertz CT molecular complexity index is 1160. The fourth-order valence-corrected chi connectivity index (χ4v) is 3.19. The topological polar surface area (TPSA) is 69.4 Å². The number of carbonyl (C=O) groups excluding carboxylic acids is 2. The van der Waals surface area contributed by atoms with E-state index in [2.05, 4.69) is 4.74 Å². The van der Waals surface area contributed by atoms with Gasteiger partial charge in [0, 0.05) is 16.8 Å². The van der Waals surface area contributed by atoms with Crippen LogP contribution in [-0.4, -0.2) is 11.9 Å². The van der Waals surface area contributed by atoms with Gasteiger partial charge in [0.15, 0.2) is 0 Å². The summed E-state index contributed by atoms with van der Waals surface area (Å²) in [7, 11) is 0. The highest BCUT2D eigenvalue weighted by molar-refractivity contribution is 6.14. The summed E-state index contributed by atoms with van der Waals surface area (Å²) in [5, 5.41) is 0. The van der Waals surface area contributed by atoms with E-state index in [1.165, 1.54) is 12.1 Å². The van der Waals surface area contributed by atoms with Gasteiger partial charge in [-0.05, 0) is 35.4 Å². The van der Waals surface area contributed by atoms with Gasteiger partial charge in [0.25, 0.3) is 0 Å². The summed E-state index contributed by atoms with van der Waals surface area (Å²) < 4.78 is 63.4. The summed E-state index contributed by atoms with van der Waals surface area (Å²) in [5.41, 5.74) is 4.68. The van der Waals surface area contributed by atoms with Crippen molar-refractivity contribution in [3.05, 3.63) is 89.0 Å². The van der Waals surface area contributed by atoms with E-state index in [1.807, 2.05) is 0 Å². The van der Waals surface area contributed by atoms with Crippen LogP contribution in [0.2, 0.25) is 0 Å². The second kappa shape index (κ2) is 6.69. The molecule has 4 rings (SSSR count). The maximum absolute atomic E-state index is 14.8. The van der Waals surface area contributed by atoms with Crippen LogP contribution >= 0.6 is 0 Å². The Morgan fingerprint density at radius 3 is 1.70 bits per heavy atom. The van der Waals surface area contributed by atoms with E-state index in [1.54, 1.807) is 24.3 Å². The molecule has 1 aliphatic heterocycles. The van der Waals surface area contributed by atoms with E-state index in [4.69, 9.17) is 5.73 Å². The van der Waals surface area contributed by atoms with Gasteiger partial charge in [0.1, 0.15) is 0 Å². The van der Waals surface area contributed by atoms with Crippen molar-refractivity contribution >= 4 is 17.6 Å². The molecule has 0 aliphatic carbocycles. The van der Waals surface area contributed by atoms with E-state index >= 15 is 0 Å². The molecule has 1 aliphatic rings. The van der Waals surface area contributed by atoms with Crippen LogP contribution in [0.4, 0.5) is 23.2 Å². The van der Waals surface area contributed by atoms with E-state index in [0.29, 0.717) is 28.9 Å². The number of halogens is 4. The number of benzene rings is 3. The molecule has 0 spiro atoms. The number of hydrogen-bond acceptors (Lipinski definition) is 4. The van der Waals surface area contributed by atoms with Crippen molar-refractivity contribution in [3.63, 3.8) is 0 Å². The third-order valence-corrected chi connectivity index (χ3v) is 4.89. The number of esters is 2. The van der Waals surface area contributed by atoms with Crippen LogP contribution in [-0.2, 0) is 16.6 Å². The smallest absolute Gasteiger partial charge is 0.346 e. The first-order valence-corrected chi connectivity index (χ1v) is 8.74. The Kier molecular flexibility index (Phi) is 4.38. The number of carbonyl (C=O) groups is 2. The summed E-state index contributed by atoms with van der Waals surface area (Å²) in [5.74, 6) is -11.4. The van der Waals surface area contributed by atoms with Gasteiger partial charge in [-0.3, -0.25) is 0 Å². The molecule has 2 N–H and O–H groups in total. The first kappa shape index (κ1) is 19.6. The quantitative estimate of drug-likeness (QED) is 0.278. The van der Waals surface area contributed by atoms with Gasteiger partial charge in [0.05, 0.1) is 11.1 Å². The molecule has 8 heteroatoms. The number of rotatable bonds is 4. The normalized spacial score (nSPS) is 13.9. The molecule has 0 fully saturated rings. The molecule has 0 atom stereocenters. The molecule has 4 nitrogen and oxygen atoms in total. The lowest BCUT2D eigenvalue weighted by atomic mass is 9.92. The number of cyclic esters (lactones) is 2. The fraction of sp³-hybridized carbons (Fsp3) is 0.0909. The lowest BCUT2D eigenvalue weighted by Crippen LogP contribution is -2.35. The Morgan fingerprint density at radius 1 is 0.633 bits per heavy atom. The molecule has 0 bridgehead atoms. The third kappa shape index (κ3) is 3.01. The van der Waals surface area contributed by atoms with Crippen LogP contribution in [0.15, 0.2) is 66.7 Å². The van der Waals surface area contributed by atoms with Gasteiger partial charge < -0.3 is 10.5 Å². The lowest BCUT2D eigenvalue weighted by molar-refractivity contribution is -0.223. The van der Waals surface area contributed by atoms with E-state index in [-0.39, 0.29) is 5.56 Å². The van der Waals surface area contributed by atoms with Gasteiger partial charge in [0.2, 0.25) is 0 Å². The Morgan fingerprint density at radius 2 is 1.10 bits per heavy atom. The van der Waals surface area contributed by atoms with Crippen LogP contribution in [0.1, 0.15) is 31.8 Å². The zero-order valence-electron chi connectivity index (χ0n) is 15.2. The largest absolute Gasteiger partial charge is 0.399 e. The van der Waals surface area contributed by atoms with Crippen LogP contribution in [0.5, 0.6) is 0 Å². The first-order chi connectivity index (χ1) is 14.1. The molecular formula is C22H13F4NO3. The average molecular weight is 415 g/mol. The highest BCUT2D eigenvalue weighted by Gasteiger charge is 2.58. The van der Waals surface area contributed by atoms with Crippen molar-refractivity contribution in [3.8, 4) is 11.1 Å².